The molecule has 1 aromatic heterocycles. The minimum atomic E-state index is -1.03. The zero-order valence-electron chi connectivity index (χ0n) is 12.1. The van der Waals surface area contributed by atoms with Crippen LogP contribution in [0.2, 0.25) is 0 Å². The third-order valence-corrected chi connectivity index (χ3v) is 3.98. The number of thiazole rings is 1. The van der Waals surface area contributed by atoms with Crippen LogP contribution < -0.4 is 10.6 Å². The minimum absolute atomic E-state index is 0.0313. The Morgan fingerprint density at radius 2 is 2.05 bits per heavy atom. The van der Waals surface area contributed by atoms with Crippen molar-refractivity contribution < 1.29 is 14.7 Å². The first-order valence-corrected chi connectivity index (χ1v) is 7.66. The van der Waals surface area contributed by atoms with E-state index in [2.05, 4.69) is 15.6 Å². The lowest BCUT2D eigenvalue weighted by atomic mass is 10.0. The van der Waals surface area contributed by atoms with E-state index < -0.39 is 6.09 Å². The Bertz CT molecular complexity index is 670. The summed E-state index contributed by atoms with van der Waals surface area (Å²) >= 11 is 1.30. The fourth-order valence-electron chi connectivity index (χ4n) is 1.90. The second-order valence-electron chi connectivity index (χ2n) is 4.69. The SMILES string of the molecule is Cc1ccccc1C(=O)c1cnc(NCCCNC(=O)O)s1. The number of benzene rings is 1. The molecule has 0 spiro atoms. The Kier molecular flexibility index (Phi) is 5.48. The first-order valence-electron chi connectivity index (χ1n) is 6.85. The molecule has 0 radical (unpaired) electrons. The van der Waals surface area contributed by atoms with Gasteiger partial charge in [-0.2, -0.15) is 0 Å². The van der Waals surface area contributed by atoms with Crippen LogP contribution in [0, 0.1) is 6.92 Å². The number of amides is 1. The Morgan fingerprint density at radius 1 is 1.27 bits per heavy atom. The van der Waals surface area contributed by atoms with E-state index in [1.807, 2.05) is 31.2 Å². The molecule has 0 saturated heterocycles. The lowest BCUT2D eigenvalue weighted by Gasteiger charge is -2.03. The van der Waals surface area contributed by atoms with Gasteiger partial charge in [-0.3, -0.25) is 4.79 Å². The van der Waals surface area contributed by atoms with Gasteiger partial charge in [0.25, 0.3) is 0 Å². The highest BCUT2D eigenvalue weighted by Crippen LogP contribution is 2.22. The van der Waals surface area contributed by atoms with E-state index in [1.54, 1.807) is 6.20 Å². The molecule has 2 aromatic rings. The first-order chi connectivity index (χ1) is 10.6. The van der Waals surface area contributed by atoms with Crippen LogP contribution in [0.3, 0.4) is 0 Å². The van der Waals surface area contributed by atoms with E-state index in [-0.39, 0.29) is 5.78 Å². The van der Waals surface area contributed by atoms with Gasteiger partial charge in [-0.05, 0) is 18.9 Å². The number of carboxylic acid groups (broad SMARTS) is 1. The molecular formula is C15H17N3O3S. The molecule has 0 aliphatic rings. The molecule has 6 nitrogen and oxygen atoms in total. The molecule has 0 bridgehead atoms. The van der Waals surface area contributed by atoms with E-state index in [4.69, 9.17) is 5.11 Å². The van der Waals surface area contributed by atoms with Crippen LogP contribution in [0.1, 0.15) is 27.2 Å². The highest BCUT2D eigenvalue weighted by molar-refractivity contribution is 7.17. The molecule has 7 heteroatoms. The number of carbonyl (C=O) groups excluding carboxylic acids is 1. The monoisotopic (exact) mass is 319 g/mol. The zero-order chi connectivity index (χ0) is 15.9. The van der Waals surface area contributed by atoms with Crippen LogP contribution in [0.15, 0.2) is 30.5 Å². The fraction of sp³-hybridized carbons (Fsp3) is 0.267. The molecule has 1 heterocycles. The van der Waals surface area contributed by atoms with Crippen LogP contribution in [0.4, 0.5) is 9.93 Å². The molecule has 0 unspecified atom stereocenters. The third-order valence-electron chi connectivity index (χ3n) is 3.03. The normalized spacial score (nSPS) is 10.2. The van der Waals surface area contributed by atoms with Gasteiger partial charge in [0.1, 0.15) is 0 Å². The summed E-state index contributed by atoms with van der Waals surface area (Å²) in [5, 5.41) is 14.5. The molecule has 0 fully saturated rings. The molecule has 0 saturated carbocycles. The maximum Gasteiger partial charge on any atom is 0.404 e. The van der Waals surface area contributed by atoms with Gasteiger partial charge in [-0.15, -0.1) is 0 Å². The summed E-state index contributed by atoms with van der Waals surface area (Å²) in [7, 11) is 0. The van der Waals surface area contributed by atoms with Gasteiger partial charge in [0.2, 0.25) is 5.78 Å². The Balaban J connectivity index is 1.90. The minimum Gasteiger partial charge on any atom is -0.465 e. The average molecular weight is 319 g/mol. The fourth-order valence-corrected chi connectivity index (χ4v) is 2.70. The molecule has 116 valence electrons. The van der Waals surface area contributed by atoms with Gasteiger partial charge in [0, 0.05) is 18.7 Å². The summed E-state index contributed by atoms with van der Waals surface area (Å²) in [6.45, 7) is 2.87. The molecule has 0 aliphatic carbocycles. The lowest BCUT2D eigenvalue weighted by Crippen LogP contribution is -2.23. The molecular weight excluding hydrogens is 302 g/mol. The van der Waals surface area contributed by atoms with E-state index in [9.17, 15) is 9.59 Å². The maximum atomic E-state index is 12.4. The largest absolute Gasteiger partial charge is 0.465 e. The van der Waals surface area contributed by atoms with Gasteiger partial charge in [-0.1, -0.05) is 35.6 Å². The van der Waals surface area contributed by atoms with Crippen molar-refractivity contribution in [1.29, 1.82) is 0 Å². The Hall–Kier alpha value is -2.41. The van der Waals surface area contributed by atoms with Crippen molar-refractivity contribution in [1.82, 2.24) is 10.3 Å². The van der Waals surface area contributed by atoms with Gasteiger partial charge in [-0.25, -0.2) is 9.78 Å². The molecule has 0 atom stereocenters. The molecule has 2 rings (SSSR count). The van der Waals surface area contributed by atoms with Crippen molar-refractivity contribution in [3.63, 3.8) is 0 Å². The van der Waals surface area contributed by atoms with Gasteiger partial charge >= 0.3 is 6.09 Å². The van der Waals surface area contributed by atoms with Crippen LogP contribution in [0.25, 0.3) is 0 Å². The standard InChI is InChI=1S/C15H17N3O3S/c1-10-5-2-3-6-11(10)13(19)12-9-18-14(22-12)16-7-4-8-17-15(20)21/h2-3,5-6,9,17H,4,7-8H2,1H3,(H,16,18)(H,20,21). The summed E-state index contributed by atoms with van der Waals surface area (Å²) in [4.78, 5) is 27.5. The van der Waals surface area contributed by atoms with E-state index in [0.29, 0.717) is 35.1 Å². The Morgan fingerprint density at radius 3 is 2.77 bits per heavy atom. The summed E-state index contributed by atoms with van der Waals surface area (Å²) in [6.07, 6.45) is 1.19. The van der Waals surface area contributed by atoms with E-state index >= 15 is 0 Å². The van der Waals surface area contributed by atoms with Crippen molar-refractivity contribution >= 4 is 28.3 Å². The maximum absolute atomic E-state index is 12.4. The number of ketones is 1. The number of hydrogen-bond acceptors (Lipinski definition) is 5. The third kappa shape index (κ3) is 4.29. The van der Waals surface area contributed by atoms with Crippen LogP contribution in [0.5, 0.6) is 0 Å². The quantitative estimate of drug-likeness (QED) is 0.539. The number of anilines is 1. The van der Waals surface area contributed by atoms with E-state index in [0.717, 1.165) is 5.56 Å². The second-order valence-corrected chi connectivity index (χ2v) is 5.72. The summed E-state index contributed by atoms with van der Waals surface area (Å²) in [5.74, 6) is -0.0313. The summed E-state index contributed by atoms with van der Waals surface area (Å²) in [6, 6.07) is 7.46. The van der Waals surface area contributed by atoms with Crippen molar-refractivity contribution in [3.8, 4) is 0 Å². The molecule has 1 amide bonds. The number of rotatable bonds is 7. The van der Waals surface area contributed by atoms with E-state index in [1.165, 1.54) is 11.3 Å². The zero-order valence-corrected chi connectivity index (χ0v) is 12.9. The van der Waals surface area contributed by atoms with Crippen LogP contribution in [-0.4, -0.2) is 35.1 Å². The number of nitrogens with zero attached hydrogens (tertiary/aromatic N) is 1. The number of aromatic nitrogens is 1. The topological polar surface area (TPSA) is 91.3 Å². The van der Waals surface area contributed by atoms with Crippen molar-refractivity contribution in [3.05, 3.63) is 46.5 Å². The number of carbonyl (C=O) groups is 2. The predicted octanol–water partition coefficient (Wildman–Crippen LogP) is 2.75. The van der Waals surface area contributed by atoms with Gasteiger partial charge in [0.15, 0.2) is 5.13 Å². The number of aryl methyl sites for hydroxylation is 1. The highest BCUT2D eigenvalue weighted by Gasteiger charge is 2.14. The van der Waals surface area contributed by atoms with Crippen molar-refractivity contribution in [2.24, 2.45) is 0 Å². The summed E-state index contributed by atoms with van der Waals surface area (Å²) in [5.41, 5.74) is 1.62. The van der Waals surface area contributed by atoms with Gasteiger partial charge in [0.05, 0.1) is 11.1 Å². The molecule has 3 N–H and O–H groups in total. The van der Waals surface area contributed by atoms with Crippen molar-refractivity contribution in [2.75, 3.05) is 18.4 Å². The van der Waals surface area contributed by atoms with Crippen LogP contribution >= 0.6 is 11.3 Å². The molecule has 22 heavy (non-hydrogen) atoms. The summed E-state index contributed by atoms with van der Waals surface area (Å²) < 4.78 is 0. The lowest BCUT2D eigenvalue weighted by molar-refractivity contribution is 0.104. The average Bonchev–Trinajstić information content (AvgIpc) is 2.95. The van der Waals surface area contributed by atoms with Crippen molar-refractivity contribution in [2.45, 2.75) is 13.3 Å². The predicted molar refractivity (Wildman–Crippen MR) is 85.9 cm³/mol. The van der Waals surface area contributed by atoms with Gasteiger partial charge < -0.3 is 15.7 Å². The smallest absolute Gasteiger partial charge is 0.404 e. The first kappa shape index (κ1) is 16.0. The van der Waals surface area contributed by atoms with Crippen LogP contribution in [-0.2, 0) is 0 Å². The highest BCUT2D eigenvalue weighted by atomic mass is 32.1. The number of hydrogen-bond donors (Lipinski definition) is 3. The Labute approximate surface area is 132 Å². The molecule has 1 aromatic carbocycles. The number of nitrogens with one attached hydrogen (secondary N) is 2. The molecule has 0 aliphatic heterocycles. The second kappa shape index (κ2) is 7.56.